The van der Waals surface area contributed by atoms with Crippen LogP contribution in [0.15, 0.2) is 18.2 Å². The molecule has 0 aromatic heterocycles. The number of aliphatic hydroxyl groups excluding tert-OH is 1. The zero-order chi connectivity index (χ0) is 13.9. The number of hydrogen-bond donors (Lipinski definition) is 2. The fourth-order valence-electron chi connectivity index (χ4n) is 1.64. The van der Waals surface area contributed by atoms with Crippen molar-refractivity contribution in [3.05, 3.63) is 23.8 Å². The van der Waals surface area contributed by atoms with Crippen LogP contribution in [0.4, 0.5) is 0 Å². The Morgan fingerprint density at radius 2 is 2.00 bits per heavy atom. The fourth-order valence-corrected chi connectivity index (χ4v) is 1.64. The second kappa shape index (κ2) is 11.8. The topological polar surface area (TPSA) is 60.0 Å². The Hall–Kier alpha value is -1.01. The molecule has 0 aliphatic rings. The first-order valence-corrected chi connectivity index (χ1v) is 6.50. The highest BCUT2D eigenvalue weighted by Gasteiger charge is 2.04. The quantitative estimate of drug-likeness (QED) is 0.643. The number of aliphatic hydroxyl groups is 1. The molecule has 6 heteroatoms. The summed E-state index contributed by atoms with van der Waals surface area (Å²) in [6.07, 6.45) is 0. The van der Waals surface area contributed by atoms with E-state index in [-0.39, 0.29) is 19.0 Å². The summed E-state index contributed by atoms with van der Waals surface area (Å²) in [5, 5.41) is 11.8. The SMILES string of the molecule is CCOc1ccc(CNCCOCCO)cc1OC.Cl. The first kappa shape index (κ1) is 19.0. The van der Waals surface area contributed by atoms with Crippen LogP contribution in [0, 0.1) is 0 Å². The number of rotatable bonds is 10. The van der Waals surface area contributed by atoms with Crippen molar-refractivity contribution in [2.75, 3.05) is 40.1 Å². The molecule has 20 heavy (non-hydrogen) atoms. The lowest BCUT2D eigenvalue weighted by molar-refractivity contribution is 0.0938. The molecule has 0 radical (unpaired) electrons. The van der Waals surface area contributed by atoms with E-state index >= 15 is 0 Å². The summed E-state index contributed by atoms with van der Waals surface area (Å²) in [5.74, 6) is 1.51. The lowest BCUT2D eigenvalue weighted by Crippen LogP contribution is -2.20. The molecule has 0 bridgehead atoms. The van der Waals surface area contributed by atoms with Gasteiger partial charge in [-0.05, 0) is 24.6 Å². The van der Waals surface area contributed by atoms with Gasteiger partial charge in [0.15, 0.2) is 11.5 Å². The van der Waals surface area contributed by atoms with Crippen molar-refractivity contribution in [1.82, 2.24) is 5.32 Å². The van der Waals surface area contributed by atoms with Crippen molar-refractivity contribution in [2.24, 2.45) is 0 Å². The molecule has 1 rings (SSSR count). The highest BCUT2D eigenvalue weighted by Crippen LogP contribution is 2.27. The highest BCUT2D eigenvalue weighted by atomic mass is 35.5. The van der Waals surface area contributed by atoms with Crippen LogP contribution in [0.5, 0.6) is 11.5 Å². The zero-order valence-electron chi connectivity index (χ0n) is 12.1. The normalized spacial score (nSPS) is 9.95. The molecular weight excluding hydrogens is 282 g/mol. The van der Waals surface area contributed by atoms with Crippen LogP contribution in [-0.4, -0.2) is 45.2 Å². The predicted octanol–water partition coefficient (Wildman–Crippen LogP) is 1.61. The van der Waals surface area contributed by atoms with Gasteiger partial charge in [0, 0.05) is 13.1 Å². The lowest BCUT2D eigenvalue weighted by atomic mass is 10.2. The van der Waals surface area contributed by atoms with E-state index in [0.717, 1.165) is 30.2 Å². The van der Waals surface area contributed by atoms with E-state index in [0.29, 0.717) is 19.8 Å². The van der Waals surface area contributed by atoms with E-state index in [1.165, 1.54) is 0 Å². The number of nitrogens with one attached hydrogen (secondary N) is 1. The van der Waals surface area contributed by atoms with Crippen LogP contribution in [0.1, 0.15) is 12.5 Å². The number of ether oxygens (including phenoxy) is 3. The number of hydrogen-bond acceptors (Lipinski definition) is 5. The molecule has 0 atom stereocenters. The molecule has 0 aliphatic heterocycles. The van der Waals surface area contributed by atoms with Crippen molar-refractivity contribution in [2.45, 2.75) is 13.5 Å². The van der Waals surface area contributed by atoms with Gasteiger partial charge in [0.2, 0.25) is 0 Å². The van der Waals surface area contributed by atoms with Gasteiger partial charge >= 0.3 is 0 Å². The summed E-state index contributed by atoms with van der Waals surface area (Å²) in [7, 11) is 1.64. The Labute approximate surface area is 126 Å². The molecule has 116 valence electrons. The van der Waals surface area contributed by atoms with Crippen molar-refractivity contribution in [3.8, 4) is 11.5 Å². The van der Waals surface area contributed by atoms with Crippen LogP contribution in [0.3, 0.4) is 0 Å². The minimum absolute atomic E-state index is 0. The van der Waals surface area contributed by atoms with E-state index in [1.54, 1.807) is 7.11 Å². The molecule has 0 spiro atoms. The van der Waals surface area contributed by atoms with Crippen LogP contribution in [-0.2, 0) is 11.3 Å². The van der Waals surface area contributed by atoms with Gasteiger partial charge in [0.05, 0.1) is 33.5 Å². The van der Waals surface area contributed by atoms with Gasteiger partial charge in [-0.3, -0.25) is 0 Å². The third-order valence-corrected chi connectivity index (χ3v) is 2.52. The van der Waals surface area contributed by atoms with Gasteiger partial charge in [-0.2, -0.15) is 0 Å². The molecule has 5 nitrogen and oxygen atoms in total. The maximum Gasteiger partial charge on any atom is 0.161 e. The fraction of sp³-hybridized carbons (Fsp3) is 0.571. The minimum atomic E-state index is 0. The van der Waals surface area contributed by atoms with Gasteiger partial charge in [0.25, 0.3) is 0 Å². The van der Waals surface area contributed by atoms with Gasteiger partial charge in [-0.15, -0.1) is 12.4 Å². The second-order valence-electron chi connectivity index (χ2n) is 3.93. The van der Waals surface area contributed by atoms with Crippen molar-refractivity contribution >= 4 is 12.4 Å². The van der Waals surface area contributed by atoms with Crippen LogP contribution >= 0.6 is 12.4 Å². The predicted molar refractivity (Wildman–Crippen MR) is 81.0 cm³/mol. The molecule has 0 unspecified atom stereocenters. The van der Waals surface area contributed by atoms with Crippen molar-refractivity contribution in [3.63, 3.8) is 0 Å². The van der Waals surface area contributed by atoms with E-state index < -0.39 is 0 Å². The molecule has 1 aromatic rings. The molecule has 0 aliphatic carbocycles. The average molecular weight is 306 g/mol. The van der Waals surface area contributed by atoms with Crippen molar-refractivity contribution < 1.29 is 19.3 Å². The standard InChI is InChI=1S/C14H23NO4.ClH/c1-3-19-13-5-4-12(10-14(13)17-2)11-15-6-8-18-9-7-16;/h4-5,10,15-16H,3,6-9,11H2,1-2H3;1H. The summed E-state index contributed by atoms with van der Waals surface area (Å²) in [6.45, 7) is 5.10. The van der Waals surface area contributed by atoms with E-state index in [9.17, 15) is 0 Å². The molecule has 0 heterocycles. The lowest BCUT2D eigenvalue weighted by Gasteiger charge is -2.11. The van der Waals surface area contributed by atoms with Crippen molar-refractivity contribution in [1.29, 1.82) is 0 Å². The van der Waals surface area contributed by atoms with Crippen LogP contribution < -0.4 is 14.8 Å². The van der Waals surface area contributed by atoms with Crippen LogP contribution in [0.2, 0.25) is 0 Å². The monoisotopic (exact) mass is 305 g/mol. The molecule has 0 saturated carbocycles. The minimum Gasteiger partial charge on any atom is -0.493 e. The van der Waals surface area contributed by atoms with Gasteiger partial charge in [-0.1, -0.05) is 6.07 Å². The molecular formula is C14H24ClNO4. The Balaban J connectivity index is 0.00000361. The molecule has 0 fully saturated rings. The van der Waals surface area contributed by atoms with E-state index in [4.69, 9.17) is 19.3 Å². The summed E-state index contributed by atoms with van der Waals surface area (Å²) in [4.78, 5) is 0. The Bertz CT molecular complexity index is 363. The van der Waals surface area contributed by atoms with Gasteiger partial charge in [-0.25, -0.2) is 0 Å². The first-order valence-electron chi connectivity index (χ1n) is 6.50. The Morgan fingerprint density at radius 1 is 1.20 bits per heavy atom. The van der Waals surface area contributed by atoms with E-state index in [1.807, 2.05) is 25.1 Å². The summed E-state index contributed by atoms with van der Waals surface area (Å²) in [5.41, 5.74) is 1.13. The highest BCUT2D eigenvalue weighted by molar-refractivity contribution is 5.85. The maximum atomic E-state index is 8.56. The Morgan fingerprint density at radius 3 is 2.65 bits per heavy atom. The number of benzene rings is 1. The second-order valence-corrected chi connectivity index (χ2v) is 3.93. The summed E-state index contributed by atoms with van der Waals surface area (Å²) in [6, 6.07) is 5.89. The van der Waals surface area contributed by atoms with Crippen LogP contribution in [0.25, 0.3) is 0 Å². The third-order valence-electron chi connectivity index (χ3n) is 2.52. The zero-order valence-corrected chi connectivity index (χ0v) is 12.9. The summed E-state index contributed by atoms with van der Waals surface area (Å²) < 4.78 is 15.9. The number of methoxy groups -OCH3 is 1. The largest absolute Gasteiger partial charge is 0.493 e. The maximum absolute atomic E-state index is 8.56. The molecule has 0 amide bonds. The van der Waals surface area contributed by atoms with Gasteiger partial charge < -0.3 is 24.6 Å². The van der Waals surface area contributed by atoms with Gasteiger partial charge in [0.1, 0.15) is 0 Å². The Kier molecular flexibility index (Phi) is 11.2. The first-order chi connectivity index (χ1) is 9.31. The molecule has 0 saturated heterocycles. The van der Waals surface area contributed by atoms with E-state index in [2.05, 4.69) is 5.32 Å². The molecule has 2 N–H and O–H groups in total. The number of halogens is 1. The third kappa shape index (κ3) is 6.96. The smallest absolute Gasteiger partial charge is 0.161 e. The average Bonchev–Trinajstić information content (AvgIpc) is 2.44. The molecule has 1 aromatic carbocycles. The summed E-state index contributed by atoms with van der Waals surface area (Å²) >= 11 is 0.